The average Bonchev–Trinajstić information content (AvgIpc) is 2.76. The van der Waals surface area contributed by atoms with Crippen LogP contribution in [0.15, 0.2) is 0 Å². The summed E-state index contributed by atoms with van der Waals surface area (Å²) in [4.78, 5) is 39.1. The first kappa shape index (κ1) is 28.2. The zero-order valence-corrected chi connectivity index (χ0v) is 21.5. The van der Waals surface area contributed by atoms with Crippen LogP contribution in [0.1, 0.15) is 82.1 Å². The normalized spacial score (nSPS) is 18.7. The molecule has 1 fully saturated rings. The Balaban J connectivity index is 3.04. The first-order chi connectivity index (χ1) is 14.3. The quantitative estimate of drug-likeness (QED) is 0.325. The predicted octanol–water partition coefficient (Wildman–Crippen LogP) is 4.57. The second kappa shape index (κ2) is 9.99. The SMILES string of the molecule is COC(=O)[C@H](CCCB1OC(C)(C)C(C)(C)O1)N(C(=O)OC(C)(C)C)C(=O)OC(C)(C)C. The number of carbonyl (C=O) groups is 3. The molecule has 1 heterocycles. The fourth-order valence-electron chi connectivity index (χ4n) is 3.00. The van der Waals surface area contributed by atoms with E-state index in [-0.39, 0.29) is 6.42 Å². The number of carbonyl (C=O) groups excluding carboxylic acids is 3. The summed E-state index contributed by atoms with van der Waals surface area (Å²) in [5.74, 6) is -0.740. The number of imide groups is 1. The Morgan fingerprint density at radius 2 is 1.28 bits per heavy atom. The van der Waals surface area contributed by atoms with Gasteiger partial charge in [0.2, 0.25) is 0 Å². The molecule has 0 aromatic rings. The summed E-state index contributed by atoms with van der Waals surface area (Å²) in [6.45, 7) is 17.8. The number of methoxy groups -OCH3 is 1. The van der Waals surface area contributed by atoms with Gasteiger partial charge in [0, 0.05) is 0 Å². The van der Waals surface area contributed by atoms with Crippen molar-refractivity contribution in [2.24, 2.45) is 0 Å². The molecule has 32 heavy (non-hydrogen) atoms. The van der Waals surface area contributed by atoms with Crippen LogP contribution in [-0.2, 0) is 28.3 Å². The van der Waals surface area contributed by atoms with E-state index in [1.165, 1.54) is 7.11 Å². The van der Waals surface area contributed by atoms with Crippen molar-refractivity contribution in [2.45, 2.75) is 117 Å². The van der Waals surface area contributed by atoms with E-state index in [2.05, 4.69) is 0 Å². The molecule has 2 amide bonds. The van der Waals surface area contributed by atoms with Crippen LogP contribution >= 0.6 is 0 Å². The summed E-state index contributed by atoms with van der Waals surface area (Å²) in [5.41, 5.74) is -2.70. The van der Waals surface area contributed by atoms with Gasteiger partial charge in [0.05, 0.1) is 18.3 Å². The molecule has 0 saturated carbocycles. The van der Waals surface area contributed by atoms with Crippen molar-refractivity contribution in [2.75, 3.05) is 7.11 Å². The van der Waals surface area contributed by atoms with Gasteiger partial charge in [-0.25, -0.2) is 14.4 Å². The van der Waals surface area contributed by atoms with Crippen LogP contribution in [0.3, 0.4) is 0 Å². The Hall–Kier alpha value is -1.81. The van der Waals surface area contributed by atoms with Gasteiger partial charge in [-0.2, -0.15) is 4.90 Å². The molecule has 1 aliphatic rings. The van der Waals surface area contributed by atoms with Crippen LogP contribution in [0, 0.1) is 0 Å². The zero-order valence-electron chi connectivity index (χ0n) is 21.5. The third-order valence-corrected chi connectivity index (χ3v) is 5.18. The molecule has 0 aliphatic carbocycles. The minimum atomic E-state index is -1.22. The van der Waals surface area contributed by atoms with Gasteiger partial charge in [0.15, 0.2) is 0 Å². The van der Waals surface area contributed by atoms with E-state index in [9.17, 15) is 14.4 Å². The standard InChI is InChI=1S/C22H40BNO8/c1-19(2,3)29-17(26)24(18(27)30-20(4,5)6)15(16(25)28-11)13-12-14-23-31-21(7,8)22(9,10)32-23/h15H,12-14H2,1-11H3/t15-/m0/s1. The monoisotopic (exact) mass is 457 g/mol. The van der Waals surface area contributed by atoms with E-state index in [0.29, 0.717) is 17.6 Å². The van der Waals surface area contributed by atoms with Gasteiger partial charge in [-0.15, -0.1) is 0 Å². The highest BCUT2D eigenvalue weighted by Gasteiger charge is 2.50. The van der Waals surface area contributed by atoms with Gasteiger partial charge in [-0.05, 0) is 82.0 Å². The molecule has 0 radical (unpaired) electrons. The fraction of sp³-hybridized carbons (Fsp3) is 0.864. The first-order valence-electron chi connectivity index (χ1n) is 11.0. The number of esters is 1. The summed E-state index contributed by atoms with van der Waals surface area (Å²) in [5, 5.41) is 0. The van der Waals surface area contributed by atoms with E-state index >= 15 is 0 Å². The molecule has 1 saturated heterocycles. The number of amides is 2. The van der Waals surface area contributed by atoms with Gasteiger partial charge >= 0.3 is 25.3 Å². The van der Waals surface area contributed by atoms with Crippen molar-refractivity contribution in [3.05, 3.63) is 0 Å². The van der Waals surface area contributed by atoms with Gasteiger partial charge in [0.25, 0.3) is 0 Å². The zero-order chi connectivity index (χ0) is 25.1. The number of hydrogen-bond donors (Lipinski definition) is 0. The average molecular weight is 457 g/mol. The second-order valence-electron chi connectivity index (χ2n) is 11.0. The molecule has 0 aromatic heterocycles. The molecular formula is C22H40BNO8. The molecule has 1 rings (SSSR count). The molecule has 0 N–H and O–H groups in total. The molecule has 10 heteroatoms. The third-order valence-electron chi connectivity index (χ3n) is 5.18. The van der Waals surface area contributed by atoms with Crippen molar-refractivity contribution < 1.29 is 37.9 Å². The maximum absolute atomic E-state index is 12.9. The van der Waals surface area contributed by atoms with Crippen LogP contribution < -0.4 is 0 Å². The van der Waals surface area contributed by atoms with E-state index in [1.54, 1.807) is 41.5 Å². The maximum Gasteiger partial charge on any atom is 0.457 e. The van der Waals surface area contributed by atoms with Crippen molar-refractivity contribution in [3.8, 4) is 0 Å². The molecule has 0 bridgehead atoms. The molecular weight excluding hydrogens is 417 g/mol. The van der Waals surface area contributed by atoms with Crippen molar-refractivity contribution in [1.29, 1.82) is 0 Å². The van der Waals surface area contributed by atoms with Crippen molar-refractivity contribution in [1.82, 2.24) is 4.90 Å². The summed E-state index contributed by atoms with van der Waals surface area (Å²) in [6.07, 6.45) is -0.916. The summed E-state index contributed by atoms with van der Waals surface area (Å²) in [7, 11) is 0.737. The highest BCUT2D eigenvalue weighted by Crippen LogP contribution is 2.38. The Bertz CT molecular complexity index is 649. The van der Waals surface area contributed by atoms with Gasteiger partial charge in [0.1, 0.15) is 17.2 Å². The lowest BCUT2D eigenvalue weighted by molar-refractivity contribution is -0.147. The topological polar surface area (TPSA) is 101 Å². The van der Waals surface area contributed by atoms with Gasteiger partial charge in [-0.3, -0.25) is 0 Å². The first-order valence-corrected chi connectivity index (χ1v) is 11.0. The second-order valence-corrected chi connectivity index (χ2v) is 11.0. The maximum atomic E-state index is 12.9. The minimum absolute atomic E-state index is 0.134. The Morgan fingerprint density at radius 3 is 1.62 bits per heavy atom. The third kappa shape index (κ3) is 7.96. The molecule has 0 unspecified atom stereocenters. The summed E-state index contributed by atoms with van der Waals surface area (Å²) in [6, 6.07) is -1.22. The highest BCUT2D eigenvalue weighted by atomic mass is 16.7. The predicted molar refractivity (Wildman–Crippen MR) is 120 cm³/mol. The lowest BCUT2D eigenvalue weighted by atomic mass is 9.81. The highest BCUT2D eigenvalue weighted by molar-refractivity contribution is 6.45. The number of nitrogens with zero attached hydrogens (tertiary/aromatic N) is 1. The van der Waals surface area contributed by atoms with E-state index in [0.717, 1.165) is 0 Å². The van der Waals surface area contributed by atoms with Crippen LogP contribution in [-0.4, -0.2) is 65.7 Å². The van der Waals surface area contributed by atoms with E-state index in [4.69, 9.17) is 23.5 Å². The molecule has 184 valence electrons. The van der Waals surface area contributed by atoms with Crippen molar-refractivity contribution >= 4 is 25.3 Å². The smallest absolute Gasteiger partial charge is 0.457 e. The number of rotatable bonds is 6. The Morgan fingerprint density at radius 1 is 0.875 bits per heavy atom. The lowest BCUT2D eigenvalue weighted by Gasteiger charge is -2.32. The summed E-state index contributed by atoms with van der Waals surface area (Å²) < 4.78 is 27.6. The number of hydrogen-bond acceptors (Lipinski definition) is 8. The molecule has 9 nitrogen and oxygen atoms in total. The van der Waals surface area contributed by atoms with E-state index in [1.807, 2.05) is 27.7 Å². The van der Waals surface area contributed by atoms with Crippen LogP contribution in [0.5, 0.6) is 0 Å². The van der Waals surface area contributed by atoms with E-state index < -0.39 is 53.7 Å². The number of ether oxygens (including phenoxy) is 3. The summed E-state index contributed by atoms with van der Waals surface area (Å²) >= 11 is 0. The fourth-order valence-corrected chi connectivity index (χ4v) is 3.00. The Kier molecular flexibility index (Phi) is 8.81. The largest absolute Gasteiger partial charge is 0.467 e. The van der Waals surface area contributed by atoms with Crippen LogP contribution in [0.25, 0.3) is 0 Å². The van der Waals surface area contributed by atoms with Crippen LogP contribution in [0.4, 0.5) is 9.59 Å². The van der Waals surface area contributed by atoms with Gasteiger partial charge in [-0.1, -0.05) is 6.42 Å². The molecule has 1 atom stereocenters. The minimum Gasteiger partial charge on any atom is -0.467 e. The van der Waals surface area contributed by atoms with Crippen LogP contribution in [0.2, 0.25) is 6.32 Å². The molecule has 1 aliphatic heterocycles. The Labute approximate surface area is 192 Å². The molecule has 0 spiro atoms. The van der Waals surface area contributed by atoms with Crippen molar-refractivity contribution in [3.63, 3.8) is 0 Å². The lowest BCUT2D eigenvalue weighted by Crippen LogP contribution is -2.52. The molecule has 0 aromatic carbocycles. The van der Waals surface area contributed by atoms with Gasteiger partial charge < -0.3 is 23.5 Å².